The maximum Gasteiger partial charge on any atom is 0.103 e. The maximum absolute atomic E-state index is 4.23. The zero-order valence-electron chi connectivity index (χ0n) is 11.2. The lowest BCUT2D eigenvalue weighted by atomic mass is 10.3. The van der Waals surface area contributed by atoms with Crippen LogP contribution in [-0.2, 0) is 7.05 Å². The van der Waals surface area contributed by atoms with Crippen molar-refractivity contribution in [3.05, 3.63) is 58.0 Å². The SMILES string of the molecule is Brc1cccc2[nH]cnc12.Cn1cnc2c(Br)cccc21. The van der Waals surface area contributed by atoms with Crippen LogP contribution in [0.1, 0.15) is 0 Å². The molecule has 0 fully saturated rings. The molecule has 2 aromatic carbocycles. The number of benzene rings is 2. The molecule has 0 spiro atoms. The topological polar surface area (TPSA) is 46.5 Å². The molecule has 0 saturated heterocycles. The Bertz CT molecular complexity index is 895. The quantitative estimate of drug-likeness (QED) is 0.460. The first kappa shape index (κ1) is 14.3. The van der Waals surface area contributed by atoms with Crippen LogP contribution in [0, 0.1) is 0 Å². The van der Waals surface area contributed by atoms with Gasteiger partial charge in [-0.3, -0.25) is 0 Å². The van der Waals surface area contributed by atoms with Crippen LogP contribution in [-0.4, -0.2) is 19.5 Å². The summed E-state index contributed by atoms with van der Waals surface area (Å²) in [6.45, 7) is 0. The molecule has 0 aliphatic rings. The van der Waals surface area contributed by atoms with E-state index in [-0.39, 0.29) is 0 Å². The first-order valence-electron chi connectivity index (χ1n) is 6.30. The van der Waals surface area contributed by atoms with Crippen LogP contribution in [0.4, 0.5) is 0 Å². The van der Waals surface area contributed by atoms with E-state index in [9.17, 15) is 0 Å². The third-order valence-corrected chi connectivity index (χ3v) is 4.39. The van der Waals surface area contributed by atoms with E-state index >= 15 is 0 Å². The minimum absolute atomic E-state index is 0.988. The van der Waals surface area contributed by atoms with E-state index in [2.05, 4.69) is 46.8 Å². The van der Waals surface area contributed by atoms with E-state index in [0.29, 0.717) is 0 Å². The van der Waals surface area contributed by atoms with Gasteiger partial charge in [0.05, 0.1) is 23.7 Å². The molecule has 2 aromatic heterocycles. The molecule has 2 heterocycles. The molecular formula is C15H12Br2N4. The Morgan fingerprint density at radius 3 is 2.38 bits per heavy atom. The van der Waals surface area contributed by atoms with Crippen LogP contribution in [0.25, 0.3) is 22.1 Å². The monoisotopic (exact) mass is 406 g/mol. The van der Waals surface area contributed by atoms with Gasteiger partial charge >= 0.3 is 0 Å². The molecule has 1 N–H and O–H groups in total. The van der Waals surface area contributed by atoms with Crippen molar-refractivity contribution in [2.75, 3.05) is 0 Å². The highest BCUT2D eigenvalue weighted by Crippen LogP contribution is 2.21. The number of H-pyrrole nitrogens is 1. The minimum atomic E-state index is 0.988. The highest BCUT2D eigenvalue weighted by Gasteiger charge is 2.00. The molecule has 0 radical (unpaired) electrons. The first-order chi connectivity index (χ1) is 10.2. The number of nitrogens with zero attached hydrogens (tertiary/aromatic N) is 3. The van der Waals surface area contributed by atoms with Gasteiger partial charge in [-0.05, 0) is 56.1 Å². The number of fused-ring (bicyclic) bond motifs is 2. The third-order valence-electron chi connectivity index (χ3n) is 3.11. The Morgan fingerprint density at radius 2 is 1.67 bits per heavy atom. The van der Waals surface area contributed by atoms with E-state index in [0.717, 1.165) is 31.0 Å². The molecule has 6 heteroatoms. The molecule has 4 rings (SSSR count). The van der Waals surface area contributed by atoms with Crippen molar-refractivity contribution in [2.45, 2.75) is 0 Å². The highest BCUT2D eigenvalue weighted by atomic mass is 79.9. The van der Waals surface area contributed by atoms with Gasteiger partial charge in [0.15, 0.2) is 0 Å². The lowest BCUT2D eigenvalue weighted by Crippen LogP contribution is -1.82. The molecule has 0 amide bonds. The van der Waals surface area contributed by atoms with Gasteiger partial charge in [-0.15, -0.1) is 0 Å². The standard InChI is InChI=1S/C8H7BrN2.C7H5BrN2/c1-11-5-10-8-6(9)3-2-4-7(8)11;8-5-2-1-3-6-7(5)10-4-9-6/h2-5H,1H3;1-4H,(H,9,10). The van der Waals surface area contributed by atoms with Gasteiger partial charge in [0.1, 0.15) is 11.0 Å². The molecule has 0 aliphatic heterocycles. The van der Waals surface area contributed by atoms with Crippen LogP contribution in [0.5, 0.6) is 0 Å². The Labute approximate surface area is 138 Å². The van der Waals surface area contributed by atoms with Crippen molar-refractivity contribution in [1.82, 2.24) is 19.5 Å². The molecule has 0 unspecified atom stereocenters. The van der Waals surface area contributed by atoms with Gasteiger partial charge in [0, 0.05) is 16.0 Å². The van der Waals surface area contributed by atoms with Crippen LogP contribution >= 0.6 is 31.9 Å². The summed E-state index contributed by atoms with van der Waals surface area (Å²) in [5.74, 6) is 0. The molecule has 0 atom stereocenters. The number of rotatable bonds is 0. The highest BCUT2D eigenvalue weighted by molar-refractivity contribution is 9.11. The third kappa shape index (κ3) is 2.87. The Kier molecular flexibility index (Phi) is 4.07. The number of halogens is 2. The number of para-hydroxylation sites is 2. The van der Waals surface area contributed by atoms with Crippen molar-refractivity contribution in [3.63, 3.8) is 0 Å². The van der Waals surface area contributed by atoms with E-state index in [1.165, 1.54) is 0 Å². The second-order valence-corrected chi connectivity index (χ2v) is 6.21. The summed E-state index contributed by atoms with van der Waals surface area (Å²) in [6.07, 6.45) is 3.50. The minimum Gasteiger partial charge on any atom is -0.345 e. The van der Waals surface area contributed by atoms with Gasteiger partial charge in [0.25, 0.3) is 0 Å². The molecule has 4 nitrogen and oxygen atoms in total. The number of aromatic nitrogens is 4. The van der Waals surface area contributed by atoms with E-state index in [4.69, 9.17) is 0 Å². The molecule has 106 valence electrons. The molecule has 0 saturated carbocycles. The summed E-state index contributed by atoms with van der Waals surface area (Å²) >= 11 is 6.83. The number of imidazole rings is 2. The van der Waals surface area contributed by atoms with Crippen LogP contribution in [0.15, 0.2) is 58.0 Å². The molecule has 4 aromatic rings. The average molecular weight is 408 g/mol. The number of aryl methyl sites for hydroxylation is 1. The smallest absolute Gasteiger partial charge is 0.103 e. The van der Waals surface area contributed by atoms with E-state index < -0.39 is 0 Å². The van der Waals surface area contributed by atoms with E-state index in [1.807, 2.05) is 54.3 Å². The number of nitrogens with one attached hydrogen (secondary N) is 1. The summed E-state index contributed by atoms with van der Waals surface area (Å²) in [5, 5.41) is 0. The number of hydrogen-bond acceptors (Lipinski definition) is 2. The molecular weight excluding hydrogens is 396 g/mol. The van der Waals surface area contributed by atoms with E-state index in [1.54, 1.807) is 6.33 Å². The summed E-state index contributed by atoms with van der Waals surface area (Å²) in [6, 6.07) is 12.0. The van der Waals surface area contributed by atoms with Crippen molar-refractivity contribution in [3.8, 4) is 0 Å². The maximum atomic E-state index is 4.23. The molecule has 0 bridgehead atoms. The Morgan fingerprint density at radius 1 is 0.952 bits per heavy atom. The lowest BCUT2D eigenvalue weighted by molar-refractivity contribution is 0.948. The summed E-state index contributed by atoms with van der Waals surface area (Å²) in [5.41, 5.74) is 4.23. The summed E-state index contributed by atoms with van der Waals surface area (Å²) < 4.78 is 4.09. The lowest BCUT2D eigenvalue weighted by Gasteiger charge is -1.93. The largest absolute Gasteiger partial charge is 0.345 e. The van der Waals surface area contributed by atoms with Crippen LogP contribution in [0.3, 0.4) is 0 Å². The van der Waals surface area contributed by atoms with Gasteiger partial charge in [-0.2, -0.15) is 0 Å². The zero-order chi connectivity index (χ0) is 14.8. The second kappa shape index (κ2) is 5.99. The van der Waals surface area contributed by atoms with Crippen LogP contribution < -0.4 is 0 Å². The number of hydrogen-bond donors (Lipinski definition) is 1. The first-order valence-corrected chi connectivity index (χ1v) is 7.88. The van der Waals surface area contributed by atoms with Crippen molar-refractivity contribution < 1.29 is 0 Å². The molecule has 0 aliphatic carbocycles. The fourth-order valence-corrected chi connectivity index (χ4v) is 2.98. The predicted octanol–water partition coefficient (Wildman–Crippen LogP) is 4.66. The number of aromatic amines is 1. The summed E-state index contributed by atoms with van der Waals surface area (Å²) in [7, 11) is 1.99. The molecule has 21 heavy (non-hydrogen) atoms. The average Bonchev–Trinajstić information content (AvgIpc) is 3.09. The normalized spacial score (nSPS) is 10.6. The zero-order valence-corrected chi connectivity index (χ0v) is 14.4. The fourth-order valence-electron chi connectivity index (χ4n) is 2.05. The predicted molar refractivity (Wildman–Crippen MR) is 92.2 cm³/mol. The van der Waals surface area contributed by atoms with Crippen molar-refractivity contribution in [1.29, 1.82) is 0 Å². The fraction of sp³-hybridized carbons (Fsp3) is 0.0667. The Balaban J connectivity index is 0.000000126. The van der Waals surface area contributed by atoms with Crippen LogP contribution in [0.2, 0.25) is 0 Å². The van der Waals surface area contributed by atoms with Gasteiger partial charge in [-0.25, -0.2) is 9.97 Å². The Hall–Kier alpha value is -1.66. The van der Waals surface area contributed by atoms with Gasteiger partial charge in [-0.1, -0.05) is 12.1 Å². The van der Waals surface area contributed by atoms with Crippen molar-refractivity contribution >= 4 is 53.9 Å². The van der Waals surface area contributed by atoms with Gasteiger partial charge < -0.3 is 9.55 Å². The summed E-state index contributed by atoms with van der Waals surface area (Å²) in [4.78, 5) is 11.4. The van der Waals surface area contributed by atoms with Crippen molar-refractivity contribution in [2.24, 2.45) is 7.05 Å². The van der Waals surface area contributed by atoms with Gasteiger partial charge in [0.2, 0.25) is 0 Å². The second-order valence-electron chi connectivity index (χ2n) is 4.50.